The largest absolute Gasteiger partial charge is 0.319 e. The van der Waals surface area contributed by atoms with Crippen LogP contribution in [-0.4, -0.2) is 32.8 Å². The van der Waals surface area contributed by atoms with Crippen LogP contribution < -0.4 is 5.56 Å². The molecule has 0 bridgehead atoms. The standard InChI is InChI=1S/C15H20N4O/c1-18-5-2-12(8-15(18)20)11-19-6-3-13(4-7-19)14-9-16-17-10-14/h2,5,8-10,13H,3-4,6-7,11H2,1H3,(H,16,17). The molecule has 3 rings (SSSR count). The zero-order chi connectivity index (χ0) is 13.9. The molecule has 0 saturated carbocycles. The van der Waals surface area contributed by atoms with Gasteiger partial charge in [0.05, 0.1) is 6.20 Å². The molecule has 5 nitrogen and oxygen atoms in total. The Morgan fingerprint density at radius 3 is 2.85 bits per heavy atom. The molecule has 106 valence electrons. The van der Waals surface area contributed by atoms with Crippen molar-refractivity contribution in [2.45, 2.75) is 25.3 Å². The Balaban J connectivity index is 1.58. The van der Waals surface area contributed by atoms with Crippen LogP contribution in [0.1, 0.15) is 29.9 Å². The smallest absolute Gasteiger partial charge is 0.250 e. The summed E-state index contributed by atoms with van der Waals surface area (Å²) in [5.74, 6) is 0.619. The molecule has 0 atom stereocenters. The lowest BCUT2D eigenvalue weighted by Crippen LogP contribution is -2.32. The summed E-state index contributed by atoms with van der Waals surface area (Å²) in [6.45, 7) is 3.02. The number of nitrogens with zero attached hydrogens (tertiary/aromatic N) is 3. The van der Waals surface area contributed by atoms with Crippen LogP contribution in [0.3, 0.4) is 0 Å². The molecule has 1 aliphatic rings. The number of nitrogens with one attached hydrogen (secondary N) is 1. The van der Waals surface area contributed by atoms with E-state index in [4.69, 9.17) is 0 Å². The quantitative estimate of drug-likeness (QED) is 0.921. The number of likely N-dealkylation sites (tertiary alicyclic amines) is 1. The molecule has 3 heterocycles. The third-order valence-electron chi connectivity index (χ3n) is 4.15. The van der Waals surface area contributed by atoms with Gasteiger partial charge < -0.3 is 4.57 Å². The number of hydrogen-bond donors (Lipinski definition) is 1. The van der Waals surface area contributed by atoms with Gasteiger partial charge in [-0.15, -0.1) is 0 Å². The molecule has 1 fully saturated rings. The Kier molecular flexibility index (Phi) is 3.69. The summed E-state index contributed by atoms with van der Waals surface area (Å²) in [6, 6.07) is 3.77. The fourth-order valence-electron chi connectivity index (χ4n) is 2.85. The predicted octanol–water partition coefficient (Wildman–Crippen LogP) is 1.49. The normalized spacial score (nSPS) is 17.4. The fraction of sp³-hybridized carbons (Fsp3) is 0.467. The molecule has 2 aromatic rings. The van der Waals surface area contributed by atoms with Gasteiger partial charge in [0.2, 0.25) is 0 Å². The molecule has 1 aliphatic heterocycles. The summed E-state index contributed by atoms with van der Waals surface area (Å²) < 4.78 is 1.61. The summed E-state index contributed by atoms with van der Waals surface area (Å²) in [7, 11) is 1.78. The van der Waals surface area contributed by atoms with Crippen LogP contribution in [-0.2, 0) is 13.6 Å². The zero-order valence-corrected chi connectivity index (χ0v) is 11.7. The monoisotopic (exact) mass is 272 g/mol. The van der Waals surface area contributed by atoms with Gasteiger partial charge in [-0.3, -0.25) is 14.8 Å². The minimum atomic E-state index is 0.0655. The van der Waals surface area contributed by atoms with Crippen LogP contribution in [0, 0.1) is 0 Å². The Hall–Kier alpha value is -1.88. The molecule has 0 spiro atoms. The summed E-state index contributed by atoms with van der Waals surface area (Å²) in [5.41, 5.74) is 2.49. The highest BCUT2D eigenvalue weighted by Crippen LogP contribution is 2.27. The maximum absolute atomic E-state index is 11.6. The summed E-state index contributed by atoms with van der Waals surface area (Å²) in [6.07, 6.45) is 8.09. The van der Waals surface area contributed by atoms with Crippen molar-refractivity contribution in [1.29, 1.82) is 0 Å². The molecule has 5 heteroatoms. The minimum absolute atomic E-state index is 0.0655. The van der Waals surface area contributed by atoms with Crippen LogP contribution >= 0.6 is 0 Å². The van der Waals surface area contributed by atoms with Gasteiger partial charge in [0, 0.05) is 32.1 Å². The van der Waals surface area contributed by atoms with E-state index in [0.29, 0.717) is 5.92 Å². The molecule has 0 radical (unpaired) electrons. The van der Waals surface area contributed by atoms with E-state index < -0.39 is 0 Å². The van der Waals surface area contributed by atoms with Gasteiger partial charge in [0.25, 0.3) is 5.56 Å². The average molecular weight is 272 g/mol. The number of hydrogen-bond acceptors (Lipinski definition) is 3. The average Bonchev–Trinajstić information content (AvgIpc) is 2.98. The van der Waals surface area contributed by atoms with E-state index in [1.165, 1.54) is 5.56 Å². The molecule has 2 aromatic heterocycles. The lowest BCUT2D eigenvalue weighted by Gasteiger charge is -2.31. The zero-order valence-electron chi connectivity index (χ0n) is 11.7. The number of rotatable bonds is 3. The van der Waals surface area contributed by atoms with Crippen molar-refractivity contribution in [2.24, 2.45) is 7.05 Å². The first-order valence-electron chi connectivity index (χ1n) is 7.09. The van der Waals surface area contributed by atoms with E-state index in [-0.39, 0.29) is 5.56 Å². The maximum Gasteiger partial charge on any atom is 0.250 e. The lowest BCUT2D eigenvalue weighted by molar-refractivity contribution is 0.204. The van der Waals surface area contributed by atoms with Gasteiger partial charge in [-0.1, -0.05) is 0 Å². The Morgan fingerprint density at radius 2 is 2.20 bits per heavy atom. The van der Waals surface area contributed by atoms with Crippen molar-refractivity contribution < 1.29 is 0 Å². The van der Waals surface area contributed by atoms with Gasteiger partial charge in [-0.25, -0.2) is 0 Å². The molecular formula is C15H20N4O. The molecule has 20 heavy (non-hydrogen) atoms. The summed E-state index contributed by atoms with van der Waals surface area (Å²) in [4.78, 5) is 14.0. The highest BCUT2D eigenvalue weighted by molar-refractivity contribution is 5.13. The molecule has 1 saturated heterocycles. The van der Waals surface area contributed by atoms with Gasteiger partial charge in [0.15, 0.2) is 0 Å². The van der Waals surface area contributed by atoms with Crippen LogP contribution in [0.4, 0.5) is 0 Å². The highest BCUT2D eigenvalue weighted by Gasteiger charge is 2.21. The van der Waals surface area contributed by atoms with Gasteiger partial charge in [-0.05, 0) is 49.0 Å². The first kappa shape index (κ1) is 13.1. The van der Waals surface area contributed by atoms with Gasteiger partial charge in [-0.2, -0.15) is 5.10 Å². The van der Waals surface area contributed by atoms with Crippen molar-refractivity contribution in [3.63, 3.8) is 0 Å². The van der Waals surface area contributed by atoms with E-state index in [1.807, 2.05) is 24.7 Å². The molecule has 1 N–H and O–H groups in total. The topological polar surface area (TPSA) is 53.9 Å². The Labute approximate surface area is 118 Å². The number of piperidine rings is 1. The molecule has 0 aliphatic carbocycles. The second-order valence-corrected chi connectivity index (χ2v) is 5.57. The number of H-pyrrole nitrogens is 1. The highest BCUT2D eigenvalue weighted by atomic mass is 16.1. The van der Waals surface area contributed by atoms with Crippen LogP contribution in [0.5, 0.6) is 0 Å². The number of aromatic amines is 1. The third kappa shape index (κ3) is 2.82. The van der Waals surface area contributed by atoms with E-state index in [9.17, 15) is 4.79 Å². The van der Waals surface area contributed by atoms with Crippen LogP contribution in [0.2, 0.25) is 0 Å². The molecular weight excluding hydrogens is 252 g/mol. The Bertz CT molecular complexity index is 609. The number of pyridine rings is 1. The van der Waals surface area contributed by atoms with Crippen LogP contribution in [0.25, 0.3) is 0 Å². The maximum atomic E-state index is 11.6. The molecule has 0 amide bonds. The van der Waals surface area contributed by atoms with Crippen molar-refractivity contribution >= 4 is 0 Å². The van der Waals surface area contributed by atoms with Crippen molar-refractivity contribution in [3.8, 4) is 0 Å². The Morgan fingerprint density at radius 1 is 1.40 bits per heavy atom. The second-order valence-electron chi connectivity index (χ2n) is 5.57. The fourth-order valence-corrected chi connectivity index (χ4v) is 2.85. The lowest BCUT2D eigenvalue weighted by atomic mass is 9.91. The number of aromatic nitrogens is 3. The molecule has 0 aromatic carbocycles. The predicted molar refractivity (Wildman–Crippen MR) is 77.5 cm³/mol. The second kappa shape index (κ2) is 5.63. The van der Waals surface area contributed by atoms with Gasteiger partial charge >= 0.3 is 0 Å². The first-order valence-corrected chi connectivity index (χ1v) is 7.09. The van der Waals surface area contributed by atoms with Gasteiger partial charge in [0.1, 0.15) is 0 Å². The van der Waals surface area contributed by atoms with Crippen LogP contribution in [0.15, 0.2) is 35.5 Å². The summed E-state index contributed by atoms with van der Waals surface area (Å²) in [5, 5.41) is 6.92. The van der Waals surface area contributed by atoms with E-state index >= 15 is 0 Å². The first-order chi connectivity index (χ1) is 9.72. The van der Waals surface area contributed by atoms with E-state index in [2.05, 4.69) is 15.1 Å². The number of aryl methyl sites for hydroxylation is 1. The third-order valence-corrected chi connectivity index (χ3v) is 4.15. The molecule has 0 unspecified atom stereocenters. The summed E-state index contributed by atoms with van der Waals surface area (Å²) >= 11 is 0. The minimum Gasteiger partial charge on any atom is -0.319 e. The SMILES string of the molecule is Cn1ccc(CN2CCC(c3cn[nH]c3)CC2)cc1=O. The van der Waals surface area contributed by atoms with E-state index in [1.54, 1.807) is 17.7 Å². The van der Waals surface area contributed by atoms with E-state index in [0.717, 1.165) is 38.0 Å². The van der Waals surface area contributed by atoms with Crippen molar-refractivity contribution in [2.75, 3.05) is 13.1 Å². The van der Waals surface area contributed by atoms with Crippen molar-refractivity contribution in [1.82, 2.24) is 19.7 Å². The van der Waals surface area contributed by atoms with Crippen molar-refractivity contribution in [3.05, 3.63) is 52.2 Å².